The summed E-state index contributed by atoms with van der Waals surface area (Å²) < 4.78 is 16.7. The lowest BCUT2D eigenvalue weighted by molar-refractivity contribution is -0.167. The normalized spacial score (nSPS) is 13.5. The smallest absolute Gasteiger partial charge is 0.306 e. The monoisotopic (exact) mass is 1040 g/mol. The van der Waals surface area contributed by atoms with Crippen LogP contribution in [0.1, 0.15) is 220 Å². The van der Waals surface area contributed by atoms with Crippen LogP contribution in [0.4, 0.5) is 0 Å². The molecule has 0 fully saturated rings. The molecular weight excluding hydrogens is 937 g/mol. The summed E-state index contributed by atoms with van der Waals surface area (Å²) in [4.78, 5) is 38.2. The quantitative estimate of drug-likeness (QED) is 0.0261. The molecule has 0 saturated carbocycles. The standard InChI is InChI=1S/C70H106O6/c1-4-7-10-13-16-19-22-25-27-29-31-33-35-37-39-41-43-45-48-51-54-57-60-63-69(72)75-66-67(65-74-68(71)62-59-56-53-50-47-24-21-18-15-12-9-6-3)76-70(73)64-61-58-55-52-49-46-44-42-40-38-36-34-32-30-28-26-23-20-17-14-11-8-5-2/h7-8,10-11,16-21,25-28,31-34,37-40,43-46,51-52,54-55,67H,4-6,9,12-15,22-24,29-30,35-36,41-42,47-50,53,56-66H2,1-3H3/b10-7-,11-8-,19-16-,20-17-,21-18-,27-25-,28-26-,33-31-,34-32-,39-37-,40-38-,45-43-,46-44-,54-51-,55-52-. The molecular formula is C70H106O6. The molecule has 0 aromatic heterocycles. The fourth-order valence-electron chi connectivity index (χ4n) is 7.24. The van der Waals surface area contributed by atoms with Crippen LogP contribution in [0.25, 0.3) is 0 Å². The Kier molecular flexibility index (Phi) is 57.6. The third-order valence-electron chi connectivity index (χ3n) is 11.6. The Morgan fingerprint density at radius 1 is 0.276 bits per heavy atom. The summed E-state index contributed by atoms with van der Waals surface area (Å²) in [6.07, 6.45) is 93.2. The summed E-state index contributed by atoms with van der Waals surface area (Å²) in [7, 11) is 0. The summed E-state index contributed by atoms with van der Waals surface area (Å²) in [5, 5.41) is 0. The number of allylic oxidation sites excluding steroid dienone is 30. The van der Waals surface area contributed by atoms with E-state index in [9.17, 15) is 14.4 Å². The van der Waals surface area contributed by atoms with Crippen LogP contribution in [-0.4, -0.2) is 37.2 Å². The molecule has 0 radical (unpaired) electrons. The lowest BCUT2D eigenvalue weighted by Crippen LogP contribution is -2.30. The Morgan fingerprint density at radius 3 is 0.868 bits per heavy atom. The van der Waals surface area contributed by atoms with Crippen LogP contribution in [0, 0.1) is 0 Å². The van der Waals surface area contributed by atoms with Crippen molar-refractivity contribution in [2.24, 2.45) is 0 Å². The first-order valence-electron chi connectivity index (χ1n) is 29.8. The number of hydrogen-bond donors (Lipinski definition) is 0. The van der Waals surface area contributed by atoms with Gasteiger partial charge in [-0.15, -0.1) is 0 Å². The third-order valence-corrected chi connectivity index (χ3v) is 11.6. The van der Waals surface area contributed by atoms with Gasteiger partial charge in [0.15, 0.2) is 6.10 Å². The van der Waals surface area contributed by atoms with Crippen molar-refractivity contribution in [3.05, 3.63) is 182 Å². The van der Waals surface area contributed by atoms with Crippen molar-refractivity contribution in [1.29, 1.82) is 0 Å². The highest BCUT2D eigenvalue weighted by atomic mass is 16.6. The predicted octanol–water partition coefficient (Wildman–Crippen LogP) is 20.5. The molecule has 0 aliphatic rings. The molecule has 0 heterocycles. The van der Waals surface area contributed by atoms with E-state index in [2.05, 4.69) is 203 Å². The molecule has 0 N–H and O–H groups in total. The van der Waals surface area contributed by atoms with Gasteiger partial charge < -0.3 is 14.2 Å². The Hall–Kier alpha value is -5.49. The number of ether oxygens (including phenoxy) is 3. The van der Waals surface area contributed by atoms with Gasteiger partial charge in [0.2, 0.25) is 0 Å². The molecule has 422 valence electrons. The van der Waals surface area contributed by atoms with E-state index >= 15 is 0 Å². The number of rotatable bonds is 51. The number of hydrogen-bond acceptors (Lipinski definition) is 6. The molecule has 0 aromatic rings. The summed E-state index contributed by atoms with van der Waals surface area (Å²) in [6.45, 7) is 6.26. The molecule has 1 atom stereocenters. The zero-order chi connectivity index (χ0) is 55.0. The summed E-state index contributed by atoms with van der Waals surface area (Å²) in [5.74, 6) is -1.08. The van der Waals surface area contributed by atoms with Gasteiger partial charge in [0.25, 0.3) is 0 Å². The highest BCUT2D eigenvalue weighted by molar-refractivity contribution is 5.71. The molecule has 0 aliphatic carbocycles. The summed E-state index contributed by atoms with van der Waals surface area (Å²) in [6, 6.07) is 0. The van der Waals surface area contributed by atoms with Crippen LogP contribution >= 0.6 is 0 Å². The Labute approximate surface area is 465 Å². The van der Waals surface area contributed by atoms with Crippen LogP contribution in [0.2, 0.25) is 0 Å². The van der Waals surface area contributed by atoms with Gasteiger partial charge in [0, 0.05) is 19.3 Å². The summed E-state index contributed by atoms with van der Waals surface area (Å²) in [5.41, 5.74) is 0. The van der Waals surface area contributed by atoms with Gasteiger partial charge in [-0.25, -0.2) is 0 Å². The maximum absolute atomic E-state index is 12.9. The Bertz CT molecular complexity index is 1820. The average molecular weight is 1040 g/mol. The van der Waals surface area contributed by atoms with E-state index in [0.717, 1.165) is 135 Å². The van der Waals surface area contributed by atoms with Gasteiger partial charge in [-0.2, -0.15) is 0 Å². The minimum absolute atomic E-state index is 0.133. The van der Waals surface area contributed by atoms with E-state index in [1.807, 2.05) is 0 Å². The molecule has 76 heavy (non-hydrogen) atoms. The van der Waals surface area contributed by atoms with Crippen molar-refractivity contribution in [1.82, 2.24) is 0 Å². The lowest BCUT2D eigenvalue weighted by Gasteiger charge is -2.18. The van der Waals surface area contributed by atoms with Crippen molar-refractivity contribution in [2.45, 2.75) is 226 Å². The van der Waals surface area contributed by atoms with E-state index in [1.165, 1.54) is 32.1 Å². The van der Waals surface area contributed by atoms with Crippen molar-refractivity contribution in [3.8, 4) is 0 Å². The first kappa shape index (κ1) is 70.5. The number of esters is 3. The van der Waals surface area contributed by atoms with Crippen LogP contribution in [0.3, 0.4) is 0 Å². The van der Waals surface area contributed by atoms with Crippen LogP contribution in [-0.2, 0) is 28.6 Å². The first-order chi connectivity index (χ1) is 37.5. The molecule has 0 bridgehead atoms. The lowest BCUT2D eigenvalue weighted by atomic mass is 10.1. The van der Waals surface area contributed by atoms with Crippen LogP contribution in [0.15, 0.2) is 182 Å². The topological polar surface area (TPSA) is 78.9 Å². The molecule has 0 aromatic carbocycles. The Morgan fingerprint density at radius 2 is 0.526 bits per heavy atom. The van der Waals surface area contributed by atoms with Crippen LogP contribution in [0.5, 0.6) is 0 Å². The highest BCUT2D eigenvalue weighted by Gasteiger charge is 2.19. The maximum atomic E-state index is 12.9. The summed E-state index contributed by atoms with van der Waals surface area (Å²) >= 11 is 0. The first-order valence-corrected chi connectivity index (χ1v) is 29.8. The molecule has 1 unspecified atom stereocenters. The molecule has 6 nitrogen and oxygen atoms in total. The van der Waals surface area contributed by atoms with E-state index in [0.29, 0.717) is 19.3 Å². The van der Waals surface area contributed by atoms with E-state index in [1.54, 1.807) is 0 Å². The van der Waals surface area contributed by atoms with Gasteiger partial charge in [-0.3, -0.25) is 14.4 Å². The predicted molar refractivity (Wildman–Crippen MR) is 329 cm³/mol. The third kappa shape index (κ3) is 59.4. The molecule has 0 rings (SSSR count). The second kappa shape index (κ2) is 62.1. The largest absolute Gasteiger partial charge is 0.462 e. The van der Waals surface area contributed by atoms with Gasteiger partial charge in [0.05, 0.1) is 0 Å². The molecule has 6 heteroatoms. The van der Waals surface area contributed by atoms with Crippen molar-refractivity contribution in [2.75, 3.05) is 13.2 Å². The SMILES string of the molecule is CC/C=C\C/C=C\C/C=C\C/C=C\C/C=C\C/C=C\C/C=C\CCCC(=O)OCC(COC(=O)CCCCCCC/C=C\CCCCC)OC(=O)CCC/C=C\C/C=C\C/C=C\C/C=C\C/C=C\C/C=C\C/C=C\CC. The number of carbonyl (C=O) groups excluding carboxylic acids is 3. The number of carbonyl (C=O) groups is 3. The van der Waals surface area contributed by atoms with Crippen LogP contribution < -0.4 is 0 Å². The molecule has 0 aliphatic heterocycles. The zero-order valence-corrected chi connectivity index (χ0v) is 48.2. The van der Waals surface area contributed by atoms with E-state index < -0.39 is 12.1 Å². The minimum Gasteiger partial charge on any atom is -0.462 e. The van der Waals surface area contributed by atoms with Gasteiger partial charge in [-0.05, 0) is 148 Å². The molecule has 0 spiro atoms. The van der Waals surface area contributed by atoms with Gasteiger partial charge in [0.1, 0.15) is 13.2 Å². The van der Waals surface area contributed by atoms with E-state index in [4.69, 9.17) is 14.2 Å². The second-order valence-corrected chi connectivity index (χ2v) is 18.8. The van der Waals surface area contributed by atoms with E-state index in [-0.39, 0.29) is 38.0 Å². The highest BCUT2D eigenvalue weighted by Crippen LogP contribution is 2.11. The number of unbranched alkanes of at least 4 members (excludes halogenated alkanes) is 10. The van der Waals surface area contributed by atoms with Gasteiger partial charge in [-0.1, -0.05) is 235 Å². The second-order valence-electron chi connectivity index (χ2n) is 18.8. The van der Waals surface area contributed by atoms with Crippen molar-refractivity contribution in [3.63, 3.8) is 0 Å². The molecule has 0 amide bonds. The average Bonchev–Trinajstić information content (AvgIpc) is 3.42. The molecule has 0 saturated heterocycles. The maximum Gasteiger partial charge on any atom is 0.306 e. The van der Waals surface area contributed by atoms with Crippen molar-refractivity contribution >= 4 is 17.9 Å². The fraction of sp³-hybridized carbons (Fsp3) is 0.529. The minimum atomic E-state index is -0.847. The van der Waals surface area contributed by atoms with Gasteiger partial charge >= 0.3 is 17.9 Å². The fourth-order valence-corrected chi connectivity index (χ4v) is 7.24. The van der Waals surface area contributed by atoms with Crippen molar-refractivity contribution < 1.29 is 28.6 Å². The Balaban J connectivity index is 4.60. The zero-order valence-electron chi connectivity index (χ0n) is 48.2.